The van der Waals surface area contributed by atoms with Crippen LogP contribution in [-0.2, 0) is 20.9 Å². The van der Waals surface area contributed by atoms with Crippen LogP contribution in [0.4, 0.5) is 0 Å². The van der Waals surface area contributed by atoms with Crippen molar-refractivity contribution in [3.05, 3.63) is 84.4 Å². The molecule has 6 nitrogen and oxygen atoms in total. The van der Waals surface area contributed by atoms with Crippen molar-refractivity contribution < 1.29 is 18.7 Å². The summed E-state index contributed by atoms with van der Waals surface area (Å²) < 4.78 is 11.1. The van der Waals surface area contributed by atoms with E-state index < -0.39 is 0 Å². The molecule has 0 bridgehead atoms. The van der Waals surface area contributed by atoms with Crippen molar-refractivity contribution in [3.8, 4) is 11.3 Å². The second kappa shape index (κ2) is 9.89. The Morgan fingerprint density at radius 2 is 1.71 bits per heavy atom. The van der Waals surface area contributed by atoms with E-state index in [1.54, 1.807) is 17.2 Å². The molecule has 1 aromatic heterocycles. The minimum absolute atomic E-state index is 0.00459. The molecule has 0 aliphatic carbocycles. The first-order chi connectivity index (χ1) is 15.2. The van der Waals surface area contributed by atoms with Crippen LogP contribution in [0.15, 0.2) is 77.4 Å². The van der Waals surface area contributed by atoms with Crippen molar-refractivity contribution in [2.75, 3.05) is 13.1 Å². The van der Waals surface area contributed by atoms with Crippen molar-refractivity contribution in [3.63, 3.8) is 0 Å². The van der Waals surface area contributed by atoms with Gasteiger partial charge in [-0.3, -0.25) is 9.59 Å². The van der Waals surface area contributed by atoms with Gasteiger partial charge < -0.3 is 14.1 Å². The summed E-state index contributed by atoms with van der Waals surface area (Å²) in [6.07, 6.45) is 6.20. The normalized spacial score (nSPS) is 14.6. The van der Waals surface area contributed by atoms with Crippen LogP contribution >= 0.6 is 0 Å². The van der Waals surface area contributed by atoms with E-state index in [4.69, 9.17) is 9.15 Å². The third kappa shape index (κ3) is 5.48. The molecule has 0 N–H and O–H groups in total. The number of oxazole rings is 1. The molecule has 3 aromatic rings. The molecule has 2 aromatic carbocycles. The van der Waals surface area contributed by atoms with Crippen LogP contribution in [0.3, 0.4) is 0 Å². The van der Waals surface area contributed by atoms with Crippen molar-refractivity contribution in [2.45, 2.75) is 19.4 Å². The van der Waals surface area contributed by atoms with E-state index in [2.05, 4.69) is 4.98 Å². The van der Waals surface area contributed by atoms with Gasteiger partial charge >= 0.3 is 5.97 Å². The highest BCUT2D eigenvalue weighted by Crippen LogP contribution is 2.22. The molecule has 4 rings (SSSR count). The van der Waals surface area contributed by atoms with E-state index in [-0.39, 0.29) is 24.4 Å². The number of carbonyl (C=O) groups excluding carboxylic acids is 2. The van der Waals surface area contributed by atoms with E-state index in [1.807, 2.05) is 66.7 Å². The summed E-state index contributed by atoms with van der Waals surface area (Å²) in [4.78, 5) is 30.8. The van der Waals surface area contributed by atoms with Crippen molar-refractivity contribution in [1.82, 2.24) is 9.88 Å². The standard InChI is InChI=1S/C25H24N2O4/c28-24(12-11-19-7-3-1-4-8-19)27-15-13-21(14-16-27)25(29)30-18-23-26-17-22(31-23)20-9-5-2-6-10-20/h1-12,17,21H,13-16,18H2/b12-11+. The van der Waals surface area contributed by atoms with Crippen molar-refractivity contribution >= 4 is 18.0 Å². The second-order valence-corrected chi connectivity index (χ2v) is 7.44. The summed E-state index contributed by atoms with van der Waals surface area (Å²) in [6.45, 7) is 1.08. The molecule has 1 amide bonds. The van der Waals surface area contributed by atoms with E-state index in [0.717, 1.165) is 11.1 Å². The Morgan fingerprint density at radius 3 is 2.42 bits per heavy atom. The Morgan fingerprint density at radius 1 is 1.03 bits per heavy atom. The fraction of sp³-hybridized carbons (Fsp3) is 0.240. The number of carbonyl (C=O) groups is 2. The lowest BCUT2D eigenvalue weighted by Gasteiger charge is -2.30. The maximum atomic E-state index is 12.4. The predicted octanol–water partition coefficient (Wildman–Crippen LogP) is 4.34. The maximum absolute atomic E-state index is 12.4. The highest BCUT2D eigenvalue weighted by atomic mass is 16.5. The number of likely N-dealkylation sites (tertiary alicyclic amines) is 1. The number of amides is 1. The first-order valence-corrected chi connectivity index (χ1v) is 10.4. The summed E-state index contributed by atoms with van der Waals surface area (Å²) >= 11 is 0. The van der Waals surface area contributed by atoms with Crippen LogP contribution in [0.1, 0.15) is 24.3 Å². The number of hydrogen-bond donors (Lipinski definition) is 0. The average molecular weight is 416 g/mol. The molecule has 0 saturated carbocycles. The number of hydrogen-bond acceptors (Lipinski definition) is 5. The average Bonchev–Trinajstić information content (AvgIpc) is 3.31. The highest BCUT2D eigenvalue weighted by molar-refractivity contribution is 5.92. The van der Waals surface area contributed by atoms with Gasteiger partial charge in [-0.05, 0) is 24.5 Å². The summed E-state index contributed by atoms with van der Waals surface area (Å²) in [5.74, 6) is 0.480. The molecule has 158 valence electrons. The van der Waals surface area contributed by atoms with Gasteiger partial charge in [0.25, 0.3) is 0 Å². The van der Waals surface area contributed by atoms with Gasteiger partial charge in [-0.2, -0.15) is 0 Å². The Balaban J connectivity index is 1.23. The zero-order valence-corrected chi connectivity index (χ0v) is 17.1. The Hall–Kier alpha value is -3.67. The number of benzene rings is 2. The molecule has 0 unspecified atom stereocenters. The van der Waals surface area contributed by atoms with Crippen molar-refractivity contribution in [1.29, 1.82) is 0 Å². The maximum Gasteiger partial charge on any atom is 0.309 e. The molecule has 0 spiro atoms. The summed E-state index contributed by atoms with van der Waals surface area (Å²) in [7, 11) is 0. The zero-order valence-electron chi connectivity index (χ0n) is 17.1. The Kier molecular flexibility index (Phi) is 6.57. The molecular weight excluding hydrogens is 392 g/mol. The minimum atomic E-state index is -0.272. The molecular formula is C25H24N2O4. The topological polar surface area (TPSA) is 72.6 Å². The van der Waals surface area contributed by atoms with Crippen LogP contribution in [0.2, 0.25) is 0 Å². The van der Waals surface area contributed by atoms with Gasteiger partial charge in [0, 0.05) is 24.7 Å². The molecule has 1 aliphatic heterocycles. The summed E-state index contributed by atoms with van der Waals surface area (Å²) in [5, 5.41) is 0. The van der Waals surface area contributed by atoms with Crippen LogP contribution < -0.4 is 0 Å². The monoisotopic (exact) mass is 416 g/mol. The molecule has 0 atom stereocenters. The quantitative estimate of drug-likeness (QED) is 0.442. The van der Waals surface area contributed by atoms with E-state index >= 15 is 0 Å². The first-order valence-electron chi connectivity index (χ1n) is 10.4. The second-order valence-electron chi connectivity index (χ2n) is 7.44. The minimum Gasteiger partial charge on any atom is -0.455 e. The lowest BCUT2D eigenvalue weighted by Crippen LogP contribution is -2.39. The first kappa shape index (κ1) is 20.6. The van der Waals surface area contributed by atoms with E-state index in [9.17, 15) is 9.59 Å². The number of piperidine rings is 1. The van der Waals surface area contributed by atoms with E-state index in [0.29, 0.717) is 37.6 Å². The largest absolute Gasteiger partial charge is 0.455 e. The fourth-order valence-electron chi connectivity index (χ4n) is 3.54. The molecule has 2 heterocycles. The van der Waals surface area contributed by atoms with Crippen LogP contribution in [0.25, 0.3) is 17.4 Å². The Labute approximate surface area is 181 Å². The van der Waals surface area contributed by atoms with E-state index in [1.165, 1.54) is 0 Å². The van der Waals surface area contributed by atoms with Gasteiger partial charge in [-0.25, -0.2) is 4.98 Å². The zero-order chi connectivity index (χ0) is 21.5. The number of nitrogens with zero attached hydrogens (tertiary/aromatic N) is 2. The lowest BCUT2D eigenvalue weighted by molar-refractivity contribution is -0.153. The molecule has 6 heteroatoms. The van der Waals surface area contributed by atoms with Crippen LogP contribution in [-0.4, -0.2) is 34.8 Å². The van der Waals surface area contributed by atoms with Gasteiger partial charge in [0.15, 0.2) is 12.4 Å². The van der Waals surface area contributed by atoms with Gasteiger partial charge in [0.1, 0.15) is 0 Å². The van der Waals surface area contributed by atoms with Crippen LogP contribution in [0, 0.1) is 5.92 Å². The molecule has 0 radical (unpaired) electrons. The highest BCUT2D eigenvalue weighted by Gasteiger charge is 2.28. The fourth-order valence-corrected chi connectivity index (χ4v) is 3.54. The predicted molar refractivity (Wildman–Crippen MR) is 117 cm³/mol. The number of ether oxygens (including phenoxy) is 1. The third-order valence-corrected chi connectivity index (χ3v) is 5.31. The number of esters is 1. The van der Waals surface area contributed by atoms with Gasteiger partial charge in [0.2, 0.25) is 11.8 Å². The molecule has 1 saturated heterocycles. The third-order valence-electron chi connectivity index (χ3n) is 5.31. The SMILES string of the molecule is O=C(OCc1ncc(-c2ccccc2)o1)C1CCN(C(=O)/C=C/c2ccccc2)CC1. The van der Waals surface area contributed by atoms with Gasteiger partial charge in [-0.1, -0.05) is 60.7 Å². The molecule has 1 aliphatic rings. The Bertz CT molecular complexity index is 1040. The van der Waals surface area contributed by atoms with Crippen molar-refractivity contribution in [2.24, 2.45) is 5.92 Å². The summed E-state index contributed by atoms with van der Waals surface area (Å²) in [5.41, 5.74) is 1.90. The van der Waals surface area contributed by atoms with Crippen LogP contribution in [0.5, 0.6) is 0 Å². The smallest absolute Gasteiger partial charge is 0.309 e. The van der Waals surface area contributed by atoms with Gasteiger partial charge in [0.05, 0.1) is 12.1 Å². The molecule has 1 fully saturated rings. The number of rotatable bonds is 6. The summed E-state index contributed by atoms with van der Waals surface area (Å²) in [6, 6.07) is 19.3. The molecule has 31 heavy (non-hydrogen) atoms. The lowest BCUT2D eigenvalue weighted by atomic mass is 9.97. The number of aromatic nitrogens is 1. The van der Waals surface area contributed by atoms with Gasteiger partial charge in [-0.15, -0.1) is 0 Å².